The predicted molar refractivity (Wildman–Crippen MR) is 93.6 cm³/mol. The van der Waals surface area contributed by atoms with E-state index in [1.165, 1.54) is 17.5 Å². The normalized spacial score (nSPS) is 14.7. The van der Waals surface area contributed by atoms with E-state index in [-0.39, 0.29) is 0 Å². The summed E-state index contributed by atoms with van der Waals surface area (Å²) in [6, 6.07) is 8.25. The zero-order chi connectivity index (χ0) is 15.5. The van der Waals surface area contributed by atoms with E-state index >= 15 is 0 Å². The van der Waals surface area contributed by atoms with E-state index in [2.05, 4.69) is 43.4 Å². The third-order valence-corrected chi connectivity index (χ3v) is 5.06. The number of para-hydroxylation sites is 1. The van der Waals surface area contributed by atoms with Crippen molar-refractivity contribution < 1.29 is 0 Å². The van der Waals surface area contributed by atoms with E-state index in [4.69, 9.17) is 0 Å². The molecule has 0 spiro atoms. The fourth-order valence-electron chi connectivity index (χ4n) is 2.83. The molecular formula is C17H19N5S. The van der Waals surface area contributed by atoms with Crippen LogP contribution in [0.5, 0.6) is 0 Å². The van der Waals surface area contributed by atoms with Gasteiger partial charge < -0.3 is 10.2 Å². The largest absolute Gasteiger partial charge is 0.341 e. The molecular weight excluding hydrogens is 306 g/mol. The molecule has 0 bridgehead atoms. The molecule has 1 aliphatic rings. The summed E-state index contributed by atoms with van der Waals surface area (Å²) in [6.07, 6.45) is 6.33. The summed E-state index contributed by atoms with van der Waals surface area (Å²) in [7, 11) is 0. The van der Waals surface area contributed by atoms with Crippen LogP contribution >= 0.6 is 11.3 Å². The van der Waals surface area contributed by atoms with Crippen molar-refractivity contribution in [1.82, 2.24) is 20.3 Å². The molecule has 1 N–H and O–H groups in total. The van der Waals surface area contributed by atoms with Gasteiger partial charge in [-0.25, -0.2) is 15.0 Å². The highest BCUT2D eigenvalue weighted by molar-refractivity contribution is 7.18. The first-order valence-electron chi connectivity index (χ1n) is 7.99. The van der Waals surface area contributed by atoms with E-state index in [1.807, 2.05) is 18.5 Å². The minimum absolute atomic E-state index is 0.760. The van der Waals surface area contributed by atoms with Gasteiger partial charge in [0.2, 0.25) is 5.95 Å². The Bertz CT molecular complexity index is 744. The number of hydrogen-bond acceptors (Lipinski definition) is 6. The van der Waals surface area contributed by atoms with Gasteiger partial charge >= 0.3 is 0 Å². The lowest BCUT2D eigenvalue weighted by atomic mass is 10.3. The van der Waals surface area contributed by atoms with E-state index in [1.54, 1.807) is 11.3 Å². The first-order valence-corrected chi connectivity index (χ1v) is 8.81. The third-order valence-electron chi connectivity index (χ3n) is 4.02. The molecule has 3 heterocycles. The van der Waals surface area contributed by atoms with E-state index in [0.29, 0.717) is 0 Å². The number of aromatic nitrogens is 3. The minimum atomic E-state index is 0.760. The molecule has 5 nitrogen and oxygen atoms in total. The number of thiazole rings is 1. The van der Waals surface area contributed by atoms with Gasteiger partial charge in [0, 0.05) is 44.1 Å². The van der Waals surface area contributed by atoms with Crippen molar-refractivity contribution in [2.45, 2.75) is 25.9 Å². The molecule has 0 saturated carbocycles. The Morgan fingerprint density at radius 2 is 1.83 bits per heavy atom. The fourth-order valence-corrected chi connectivity index (χ4v) is 3.77. The summed E-state index contributed by atoms with van der Waals surface area (Å²) in [5, 5.41) is 4.53. The quantitative estimate of drug-likeness (QED) is 0.781. The molecule has 2 aromatic heterocycles. The second-order valence-corrected chi connectivity index (χ2v) is 6.88. The number of rotatable bonds is 5. The summed E-state index contributed by atoms with van der Waals surface area (Å²) in [5.41, 5.74) is 2.18. The van der Waals surface area contributed by atoms with Crippen LogP contribution in [0.25, 0.3) is 10.2 Å². The number of benzene rings is 1. The first-order chi connectivity index (χ1) is 11.4. The first kappa shape index (κ1) is 14.5. The number of fused-ring (bicyclic) bond motifs is 1. The highest BCUT2D eigenvalue weighted by Gasteiger charge is 2.14. The highest BCUT2D eigenvalue weighted by Crippen LogP contribution is 2.21. The highest BCUT2D eigenvalue weighted by atomic mass is 32.1. The Labute approximate surface area is 139 Å². The van der Waals surface area contributed by atoms with Crippen molar-refractivity contribution in [3.8, 4) is 0 Å². The SMILES string of the molecule is c1ccc2sc(CNCc3cnc(N4CCCC4)nc3)nc2c1. The predicted octanol–water partition coefficient (Wildman–Crippen LogP) is 2.98. The average Bonchev–Trinajstić information content (AvgIpc) is 3.25. The van der Waals surface area contributed by atoms with Gasteiger partial charge in [0.15, 0.2) is 0 Å². The Hall–Kier alpha value is -2.05. The molecule has 0 amide bonds. The van der Waals surface area contributed by atoms with Gasteiger partial charge in [-0.2, -0.15) is 0 Å². The van der Waals surface area contributed by atoms with Gasteiger partial charge in [-0.15, -0.1) is 11.3 Å². The van der Waals surface area contributed by atoms with Crippen molar-refractivity contribution in [2.75, 3.05) is 18.0 Å². The second-order valence-electron chi connectivity index (χ2n) is 5.76. The Balaban J connectivity index is 1.33. The van der Waals surface area contributed by atoms with Crippen molar-refractivity contribution in [3.05, 3.63) is 47.2 Å². The molecule has 1 saturated heterocycles. The lowest BCUT2D eigenvalue weighted by molar-refractivity contribution is 0.686. The van der Waals surface area contributed by atoms with Crippen molar-refractivity contribution in [3.63, 3.8) is 0 Å². The summed E-state index contributed by atoms with van der Waals surface area (Å²) in [6.45, 7) is 3.69. The molecule has 0 unspecified atom stereocenters. The second kappa shape index (κ2) is 6.60. The molecule has 118 valence electrons. The topological polar surface area (TPSA) is 53.9 Å². The Kier molecular flexibility index (Phi) is 4.17. The van der Waals surface area contributed by atoms with Gasteiger partial charge in [0.1, 0.15) is 5.01 Å². The summed E-state index contributed by atoms with van der Waals surface area (Å²) in [4.78, 5) is 15.8. The van der Waals surface area contributed by atoms with Crippen molar-refractivity contribution >= 4 is 27.5 Å². The fraction of sp³-hybridized carbons (Fsp3) is 0.353. The Morgan fingerprint density at radius 1 is 1.04 bits per heavy atom. The standard InChI is InChI=1S/C17H19N5S/c1-2-6-15-14(5-1)21-16(23-15)12-18-9-13-10-19-17(20-11-13)22-7-3-4-8-22/h1-2,5-6,10-11,18H,3-4,7-9,12H2. The van der Waals surface area contributed by atoms with E-state index < -0.39 is 0 Å². The van der Waals surface area contributed by atoms with E-state index in [9.17, 15) is 0 Å². The molecule has 4 rings (SSSR count). The van der Waals surface area contributed by atoms with Gasteiger partial charge in [-0.05, 0) is 25.0 Å². The molecule has 3 aromatic rings. The molecule has 1 fully saturated rings. The molecule has 23 heavy (non-hydrogen) atoms. The van der Waals surface area contributed by atoms with Crippen LogP contribution in [-0.2, 0) is 13.1 Å². The molecule has 0 radical (unpaired) electrons. The van der Waals surface area contributed by atoms with Gasteiger partial charge in [-0.3, -0.25) is 0 Å². The summed E-state index contributed by atoms with van der Waals surface area (Å²) >= 11 is 1.74. The molecule has 1 aromatic carbocycles. The summed E-state index contributed by atoms with van der Waals surface area (Å²) < 4.78 is 1.24. The van der Waals surface area contributed by atoms with Crippen LogP contribution in [0.15, 0.2) is 36.7 Å². The lowest BCUT2D eigenvalue weighted by Gasteiger charge is -2.14. The maximum absolute atomic E-state index is 4.63. The molecule has 0 aliphatic carbocycles. The number of nitrogens with zero attached hydrogens (tertiary/aromatic N) is 4. The van der Waals surface area contributed by atoms with Crippen LogP contribution < -0.4 is 10.2 Å². The summed E-state index contributed by atoms with van der Waals surface area (Å²) in [5.74, 6) is 0.859. The van der Waals surface area contributed by atoms with Crippen LogP contribution in [0.3, 0.4) is 0 Å². The van der Waals surface area contributed by atoms with E-state index in [0.717, 1.165) is 48.2 Å². The minimum Gasteiger partial charge on any atom is -0.341 e. The van der Waals surface area contributed by atoms with Gasteiger partial charge in [0.05, 0.1) is 10.2 Å². The maximum Gasteiger partial charge on any atom is 0.225 e. The smallest absolute Gasteiger partial charge is 0.225 e. The zero-order valence-electron chi connectivity index (χ0n) is 12.9. The average molecular weight is 325 g/mol. The maximum atomic E-state index is 4.63. The lowest BCUT2D eigenvalue weighted by Crippen LogP contribution is -2.20. The number of anilines is 1. The molecule has 0 atom stereocenters. The van der Waals surface area contributed by atoms with Crippen molar-refractivity contribution in [1.29, 1.82) is 0 Å². The number of hydrogen-bond donors (Lipinski definition) is 1. The van der Waals surface area contributed by atoms with Gasteiger partial charge in [0.25, 0.3) is 0 Å². The van der Waals surface area contributed by atoms with Crippen LogP contribution in [0.1, 0.15) is 23.4 Å². The van der Waals surface area contributed by atoms with Gasteiger partial charge in [-0.1, -0.05) is 12.1 Å². The van der Waals surface area contributed by atoms with Crippen molar-refractivity contribution in [2.24, 2.45) is 0 Å². The Morgan fingerprint density at radius 3 is 2.61 bits per heavy atom. The van der Waals surface area contributed by atoms with Crippen LogP contribution in [0.2, 0.25) is 0 Å². The monoisotopic (exact) mass is 325 g/mol. The molecule has 1 aliphatic heterocycles. The molecule has 6 heteroatoms. The number of nitrogens with one attached hydrogen (secondary N) is 1. The third kappa shape index (κ3) is 3.33. The zero-order valence-corrected chi connectivity index (χ0v) is 13.7. The van der Waals surface area contributed by atoms with Crippen LogP contribution in [0, 0.1) is 0 Å². The van der Waals surface area contributed by atoms with Crippen LogP contribution in [0.4, 0.5) is 5.95 Å². The van der Waals surface area contributed by atoms with Crippen LogP contribution in [-0.4, -0.2) is 28.0 Å².